The summed E-state index contributed by atoms with van der Waals surface area (Å²) in [5.74, 6) is -3.43. The fourth-order valence-corrected chi connectivity index (χ4v) is 2.84. The predicted octanol–water partition coefficient (Wildman–Crippen LogP) is 2.03. The van der Waals surface area contributed by atoms with Gasteiger partial charge in [-0.15, -0.1) is 0 Å². The van der Waals surface area contributed by atoms with Crippen molar-refractivity contribution in [2.45, 2.75) is 39.5 Å². The number of hydrogen-bond donors (Lipinski definition) is 2. The lowest BCUT2D eigenvalue weighted by Gasteiger charge is -2.37. The van der Waals surface area contributed by atoms with Crippen molar-refractivity contribution in [1.29, 1.82) is 0 Å². The van der Waals surface area contributed by atoms with Crippen molar-refractivity contribution in [3.8, 4) is 0 Å². The first-order valence-electron chi connectivity index (χ1n) is 7.72. The molecular formula is C17H24N2O4. The van der Waals surface area contributed by atoms with Gasteiger partial charge in [0.2, 0.25) is 0 Å². The summed E-state index contributed by atoms with van der Waals surface area (Å²) in [6.07, 6.45) is 1.37. The zero-order valence-electron chi connectivity index (χ0n) is 13.8. The van der Waals surface area contributed by atoms with E-state index in [0.717, 1.165) is 6.42 Å². The van der Waals surface area contributed by atoms with Crippen LogP contribution in [0.4, 0.5) is 0 Å². The van der Waals surface area contributed by atoms with Gasteiger partial charge < -0.3 is 15.2 Å². The summed E-state index contributed by atoms with van der Waals surface area (Å²) in [5, 5.41) is 0. The van der Waals surface area contributed by atoms with Crippen LogP contribution in [0.2, 0.25) is 0 Å². The third-order valence-electron chi connectivity index (χ3n) is 4.23. The third kappa shape index (κ3) is 3.89. The van der Waals surface area contributed by atoms with Crippen LogP contribution in [0.3, 0.4) is 0 Å². The minimum Gasteiger partial charge on any atom is -0.405 e. The molecule has 0 aromatic heterocycles. The van der Waals surface area contributed by atoms with Gasteiger partial charge in [0.05, 0.1) is 17.0 Å². The summed E-state index contributed by atoms with van der Waals surface area (Å²) in [5.41, 5.74) is 12.4. The lowest BCUT2D eigenvalue weighted by atomic mass is 9.79. The quantitative estimate of drug-likeness (QED) is 0.804. The van der Waals surface area contributed by atoms with E-state index in [1.807, 2.05) is 0 Å². The number of carbonyl (C=O) groups is 2. The standard InChI is InChI=1S/C17H24N2O4/c1-11(10-16(2,3)8-9-18)17(19)22-14(20)12-4-5-13(7-6-12)15(21)23-17/h4-7,11H,8-10,18-19H2,1-3H3. The molecule has 2 aliphatic heterocycles. The fourth-order valence-electron chi connectivity index (χ4n) is 2.84. The Balaban J connectivity index is 2.27. The second-order valence-electron chi connectivity index (χ2n) is 6.89. The topological polar surface area (TPSA) is 105 Å². The second kappa shape index (κ2) is 6.29. The van der Waals surface area contributed by atoms with Crippen molar-refractivity contribution in [3.63, 3.8) is 0 Å². The Bertz CT molecular complexity index is 558. The van der Waals surface area contributed by atoms with Crippen LogP contribution in [0, 0.1) is 11.3 Å². The van der Waals surface area contributed by atoms with Gasteiger partial charge in [0.25, 0.3) is 0 Å². The molecule has 2 bridgehead atoms. The molecule has 1 atom stereocenters. The average molecular weight is 320 g/mol. The Kier molecular flexibility index (Phi) is 4.77. The third-order valence-corrected chi connectivity index (χ3v) is 4.23. The Morgan fingerprint density at radius 3 is 1.91 bits per heavy atom. The lowest BCUT2D eigenvalue weighted by molar-refractivity contribution is -0.200. The summed E-state index contributed by atoms with van der Waals surface area (Å²) in [7, 11) is 0. The number of hydrogen-bond acceptors (Lipinski definition) is 6. The van der Waals surface area contributed by atoms with Crippen molar-refractivity contribution in [2.24, 2.45) is 22.8 Å². The molecule has 4 N–H and O–H groups in total. The molecule has 1 unspecified atom stereocenters. The molecule has 3 rings (SSSR count). The summed E-state index contributed by atoms with van der Waals surface area (Å²) >= 11 is 0. The van der Waals surface area contributed by atoms with Gasteiger partial charge in [0.1, 0.15) is 0 Å². The Hall–Kier alpha value is -1.92. The molecule has 6 nitrogen and oxygen atoms in total. The largest absolute Gasteiger partial charge is 0.405 e. The van der Waals surface area contributed by atoms with Gasteiger partial charge in [-0.3, -0.25) is 5.73 Å². The number of nitrogens with two attached hydrogens (primary N) is 2. The van der Waals surface area contributed by atoms with E-state index in [2.05, 4.69) is 13.8 Å². The zero-order chi connectivity index (χ0) is 17.3. The first-order valence-corrected chi connectivity index (χ1v) is 7.72. The van der Waals surface area contributed by atoms with Crippen molar-refractivity contribution in [1.82, 2.24) is 0 Å². The van der Waals surface area contributed by atoms with Gasteiger partial charge >= 0.3 is 17.8 Å². The highest BCUT2D eigenvalue weighted by molar-refractivity contribution is 5.94. The lowest BCUT2D eigenvalue weighted by Crippen LogP contribution is -2.54. The van der Waals surface area contributed by atoms with Gasteiger partial charge in [-0.25, -0.2) is 9.59 Å². The number of rotatable bonds is 5. The molecule has 1 aromatic rings. The molecule has 0 spiro atoms. The van der Waals surface area contributed by atoms with E-state index in [4.69, 9.17) is 20.9 Å². The molecule has 0 amide bonds. The highest BCUT2D eigenvalue weighted by Crippen LogP contribution is 2.35. The van der Waals surface area contributed by atoms with E-state index < -0.39 is 23.8 Å². The molecule has 0 fully saturated rings. The van der Waals surface area contributed by atoms with Gasteiger partial charge in [-0.1, -0.05) is 20.8 Å². The maximum absolute atomic E-state index is 12.2. The molecule has 2 heterocycles. The monoisotopic (exact) mass is 320 g/mol. The molecule has 1 aromatic carbocycles. The van der Waals surface area contributed by atoms with E-state index in [1.165, 1.54) is 24.3 Å². The maximum Gasteiger partial charge on any atom is 0.342 e. The summed E-state index contributed by atoms with van der Waals surface area (Å²) in [6.45, 7) is 6.44. The van der Waals surface area contributed by atoms with Gasteiger partial charge in [0.15, 0.2) is 0 Å². The molecular weight excluding hydrogens is 296 g/mol. The van der Waals surface area contributed by atoms with Crippen LogP contribution < -0.4 is 11.5 Å². The molecule has 0 radical (unpaired) electrons. The SMILES string of the molecule is CC(CC(C)(C)CCN)C1(N)OC(=O)c2ccc(cc2)C(=O)O1. The number of fused-ring (bicyclic) bond motifs is 6. The molecule has 126 valence electrons. The van der Waals surface area contributed by atoms with E-state index in [0.29, 0.717) is 24.1 Å². The van der Waals surface area contributed by atoms with E-state index in [9.17, 15) is 9.59 Å². The predicted molar refractivity (Wildman–Crippen MR) is 85.4 cm³/mol. The van der Waals surface area contributed by atoms with Gasteiger partial charge in [-0.05, 0) is 49.1 Å². The van der Waals surface area contributed by atoms with Crippen LogP contribution in [-0.4, -0.2) is 24.4 Å². The molecule has 6 heteroatoms. The molecule has 0 saturated heterocycles. The van der Waals surface area contributed by atoms with E-state index >= 15 is 0 Å². The number of esters is 2. The van der Waals surface area contributed by atoms with Crippen LogP contribution in [0.15, 0.2) is 24.3 Å². The summed E-state index contributed by atoms with van der Waals surface area (Å²) in [4.78, 5) is 24.5. The zero-order valence-corrected chi connectivity index (χ0v) is 13.8. The Labute approximate surface area is 136 Å². The first kappa shape index (κ1) is 17.4. The van der Waals surface area contributed by atoms with Crippen molar-refractivity contribution < 1.29 is 19.1 Å². The number of ether oxygens (including phenoxy) is 2. The Morgan fingerprint density at radius 1 is 1.09 bits per heavy atom. The number of carbonyl (C=O) groups excluding carboxylic acids is 2. The first-order chi connectivity index (χ1) is 10.7. The van der Waals surface area contributed by atoms with Crippen LogP contribution in [-0.2, 0) is 9.47 Å². The number of benzene rings is 1. The normalized spacial score (nSPS) is 18.5. The van der Waals surface area contributed by atoms with Crippen LogP contribution in [0.25, 0.3) is 0 Å². The fraction of sp³-hybridized carbons (Fsp3) is 0.529. The summed E-state index contributed by atoms with van der Waals surface area (Å²) < 4.78 is 10.7. The minimum atomic E-state index is -1.81. The van der Waals surface area contributed by atoms with Crippen LogP contribution >= 0.6 is 0 Å². The smallest absolute Gasteiger partial charge is 0.342 e. The highest BCUT2D eigenvalue weighted by atomic mass is 16.7. The van der Waals surface area contributed by atoms with Crippen molar-refractivity contribution in [2.75, 3.05) is 6.54 Å². The van der Waals surface area contributed by atoms with Crippen molar-refractivity contribution >= 4 is 11.9 Å². The van der Waals surface area contributed by atoms with E-state index in [-0.39, 0.29) is 5.41 Å². The molecule has 0 aliphatic carbocycles. The average Bonchev–Trinajstić information content (AvgIpc) is 2.52. The van der Waals surface area contributed by atoms with E-state index in [1.54, 1.807) is 6.92 Å². The minimum absolute atomic E-state index is 0.118. The second-order valence-corrected chi connectivity index (χ2v) is 6.89. The van der Waals surface area contributed by atoms with Gasteiger partial charge in [0, 0.05) is 0 Å². The highest BCUT2D eigenvalue weighted by Gasteiger charge is 2.43. The molecule has 23 heavy (non-hydrogen) atoms. The maximum atomic E-state index is 12.2. The molecule has 2 aliphatic rings. The summed E-state index contributed by atoms with van der Waals surface area (Å²) in [6, 6.07) is 6.09. The van der Waals surface area contributed by atoms with Crippen LogP contribution in [0.1, 0.15) is 54.3 Å². The molecule has 0 saturated carbocycles. The van der Waals surface area contributed by atoms with Crippen LogP contribution in [0.5, 0.6) is 0 Å². The van der Waals surface area contributed by atoms with Crippen molar-refractivity contribution in [3.05, 3.63) is 35.4 Å². The van der Waals surface area contributed by atoms with Gasteiger partial charge in [-0.2, -0.15) is 0 Å². The Morgan fingerprint density at radius 2 is 1.52 bits per heavy atom.